The molecule has 4 nitrogen and oxygen atoms in total. The quantitative estimate of drug-likeness (QED) is 0.551. The number of hydrogen-bond acceptors (Lipinski definition) is 4. The van der Waals surface area contributed by atoms with E-state index in [0.29, 0.717) is 13.2 Å². The second-order valence-electron chi connectivity index (χ2n) is 4.38. The highest BCUT2D eigenvalue weighted by Gasteiger charge is 2.40. The summed E-state index contributed by atoms with van der Waals surface area (Å²) in [6, 6.07) is 0. The summed E-state index contributed by atoms with van der Waals surface area (Å²) in [5, 5.41) is 3.30. The van der Waals surface area contributed by atoms with Crippen molar-refractivity contribution < 1.29 is 14.3 Å². The van der Waals surface area contributed by atoms with Crippen molar-refractivity contribution in [2.45, 2.75) is 32.6 Å². The van der Waals surface area contributed by atoms with Crippen molar-refractivity contribution >= 4 is 5.97 Å². The van der Waals surface area contributed by atoms with E-state index in [-0.39, 0.29) is 11.4 Å². The number of esters is 1. The van der Waals surface area contributed by atoms with Crippen LogP contribution in [-0.2, 0) is 14.3 Å². The normalized spacial score (nSPS) is 25.4. The highest BCUT2D eigenvalue weighted by molar-refractivity contribution is 5.77. The fourth-order valence-electron chi connectivity index (χ4n) is 2.30. The third kappa shape index (κ3) is 3.46. The van der Waals surface area contributed by atoms with Gasteiger partial charge in [0.25, 0.3) is 0 Å². The molecule has 0 radical (unpaired) electrons. The molecule has 0 aromatic carbocycles. The molecule has 1 aliphatic rings. The van der Waals surface area contributed by atoms with Crippen molar-refractivity contribution in [3.63, 3.8) is 0 Å². The average Bonchev–Trinajstić information content (AvgIpc) is 2.31. The van der Waals surface area contributed by atoms with Gasteiger partial charge in [-0.15, -0.1) is 0 Å². The van der Waals surface area contributed by atoms with Gasteiger partial charge in [0, 0.05) is 20.3 Å². The number of hydrogen-bond donors (Lipinski definition) is 1. The summed E-state index contributed by atoms with van der Waals surface area (Å²) in [5.41, 5.74) is -0.313. The monoisotopic (exact) mass is 229 g/mol. The molecule has 1 atom stereocenters. The molecule has 4 heteroatoms. The Morgan fingerprint density at radius 3 is 2.88 bits per heavy atom. The van der Waals surface area contributed by atoms with Crippen molar-refractivity contribution in [2.75, 3.05) is 33.4 Å². The fourth-order valence-corrected chi connectivity index (χ4v) is 2.30. The van der Waals surface area contributed by atoms with Gasteiger partial charge in [-0.3, -0.25) is 4.79 Å². The molecule has 0 saturated carbocycles. The Morgan fingerprint density at radius 2 is 2.31 bits per heavy atom. The van der Waals surface area contributed by atoms with Gasteiger partial charge in [0.05, 0.1) is 12.0 Å². The van der Waals surface area contributed by atoms with E-state index in [1.807, 2.05) is 6.92 Å². The molecule has 0 unspecified atom stereocenters. The molecule has 16 heavy (non-hydrogen) atoms. The summed E-state index contributed by atoms with van der Waals surface area (Å²) < 4.78 is 10.2. The van der Waals surface area contributed by atoms with Gasteiger partial charge in [-0.25, -0.2) is 0 Å². The molecule has 0 aromatic rings. The van der Waals surface area contributed by atoms with Crippen LogP contribution in [0.25, 0.3) is 0 Å². The van der Waals surface area contributed by atoms with Crippen molar-refractivity contribution in [3.05, 3.63) is 0 Å². The molecule has 1 fully saturated rings. The average molecular weight is 229 g/mol. The van der Waals surface area contributed by atoms with Gasteiger partial charge >= 0.3 is 5.97 Å². The van der Waals surface area contributed by atoms with E-state index in [0.717, 1.165) is 38.8 Å². The summed E-state index contributed by atoms with van der Waals surface area (Å²) in [6.07, 6.45) is 3.75. The van der Waals surface area contributed by atoms with E-state index >= 15 is 0 Å². The van der Waals surface area contributed by atoms with E-state index in [2.05, 4.69) is 5.32 Å². The maximum Gasteiger partial charge on any atom is 0.313 e. The first-order valence-corrected chi connectivity index (χ1v) is 6.12. The zero-order valence-corrected chi connectivity index (χ0v) is 10.4. The SMILES string of the molecule is CCOC(=O)[C@]1(CCCOC)CCCNC1. The molecule has 0 spiro atoms. The molecule has 0 amide bonds. The third-order valence-corrected chi connectivity index (χ3v) is 3.18. The minimum atomic E-state index is -0.313. The van der Waals surface area contributed by atoms with E-state index in [1.54, 1.807) is 7.11 Å². The maximum atomic E-state index is 12.0. The first-order chi connectivity index (χ1) is 7.75. The minimum absolute atomic E-state index is 0.0432. The number of carbonyl (C=O) groups excluding carboxylic acids is 1. The zero-order chi connectivity index (χ0) is 11.9. The molecular weight excluding hydrogens is 206 g/mol. The Kier molecular flexibility index (Phi) is 5.77. The molecule has 1 saturated heterocycles. The van der Waals surface area contributed by atoms with Crippen LogP contribution in [0.2, 0.25) is 0 Å². The van der Waals surface area contributed by atoms with Crippen LogP contribution in [0.1, 0.15) is 32.6 Å². The minimum Gasteiger partial charge on any atom is -0.466 e. The molecule has 1 aliphatic heterocycles. The molecule has 0 bridgehead atoms. The second-order valence-corrected chi connectivity index (χ2v) is 4.38. The molecule has 1 heterocycles. The number of carbonyl (C=O) groups is 1. The lowest BCUT2D eigenvalue weighted by atomic mass is 9.77. The van der Waals surface area contributed by atoms with Crippen LogP contribution in [0, 0.1) is 5.41 Å². The maximum absolute atomic E-state index is 12.0. The fraction of sp³-hybridized carbons (Fsp3) is 0.917. The van der Waals surface area contributed by atoms with Crippen LogP contribution < -0.4 is 5.32 Å². The predicted molar refractivity (Wildman–Crippen MR) is 62.3 cm³/mol. The molecule has 1 rings (SSSR count). The number of ether oxygens (including phenoxy) is 2. The molecular formula is C12H23NO3. The molecule has 94 valence electrons. The van der Waals surface area contributed by atoms with Crippen molar-refractivity contribution in [2.24, 2.45) is 5.41 Å². The Balaban J connectivity index is 2.55. The molecule has 0 aromatic heterocycles. The van der Waals surface area contributed by atoms with Crippen LogP contribution in [0.3, 0.4) is 0 Å². The van der Waals surface area contributed by atoms with Crippen LogP contribution in [0.15, 0.2) is 0 Å². The van der Waals surface area contributed by atoms with Crippen molar-refractivity contribution in [1.29, 1.82) is 0 Å². The largest absolute Gasteiger partial charge is 0.466 e. The molecule has 0 aliphatic carbocycles. The second kappa shape index (κ2) is 6.86. The summed E-state index contributed by atoms with van der Waals surface area (Å²) >= 11 is 0. The highest BCUT2D eigenvalue weighted by atomic mass is 16.5. The van der Waals surface area contributed by atoms with E-state index in [1.165, 1.54) is 0 Å². The van der Waals surface area contributed by atoms with Crippen LogP contribution in [0.4, 0.5) is 0 Å². The van der Waals surface area contributed by atoms with Gasteiger partial charge in [0.2, 0.25) is 0 Å². The van der Waals surface area contributed by atoms with Crippen LogP contribution >= 0.6 is 0 Å². The first-order valence-electron chi connectivity index (χ1n) is 6.12. The van der Waals surface area contributed by atoms with Gasteiger partial charge in [0.15, 0.2) is 0 Å². The van der Waals surface area contributed by atoms with Gasteiger partial charge < -0.3 is 14.8 Å². The van der Waals surface area contributed by atoms with E-state index in [4.69, 9.17) is 9.47 Å². The van der Waals surface area contributed by atoms with Crippen LogP contribution in [-0.4, -0.2) is 39.4 Å². The van der Waals surface area contributed by atoms with Crippen molar-refractivity contribution in [3.8, 4) is 0 Å². The summed E-state index contributed by atoms with van der Waals surface area (Å²) in [6.45, 7) is 4.78. The predicted octanol–water partition coefficient (Wildman–Crippen LogP) is 1.35. The topological polar surface area (TPSA) is 47.6 Å². The Morgan fingerprint density at radius 1 is 1.50 bits per heavy atom. The number of piperidine rings is 1. The van der Waals surface area contributed by atoms with Gasteiger partial charge in [0.1, 0.15) is 0 Å². The lowest BCUT2D eigenvalue weighted by molar-refractivity contribution is -0.157. The summed E-state index contributed by atoms with van der Waals surface area (Å²) in [5.74, 6) is -0.0432. The lowest BCUT2D eigenvalue weighted by Crippen LogP contribution is -2.46. The molecule has 1 N–H and O–H groups in total. The van der Waals surface area contributed by atoms with E-state index < -0.39 is 0 Å². The number of methoxy groups -OCH3 is 1. The number of nitrogens with one attached hydrogen (secondary N) is 1. The summed E-state index contributed by atoms with van der Waals surface area (Å²) in [4.78, 5) is 12.0. The summed E-state index contributed by atoms with van der Waals surface area (Å²) in [7, 11) is 1.69. The van der Waals surface area contributed by atoms with Gasteiger partial charge in [-0.05, 0) is 39.2 Å². The van der Waals surface area contributed by atoms with Crippen molar-refractivity contribution in [1.82, 2.24) is 5.32 Å². The Labute approximate surface area is 97.7 Å². The first kappa shape index (κ1) is 13.5. The zero-order valence-electron chi connectivity index (χ0n) is 10.4. The van der Waals surface area contributed by atoms with Crippen LogP contribution in [0.5, 0.6) is 0 Å². The lowest BCUT2D eigenvalue weighted by Gasteiger charge is -2.35. The Bertz CT molecular complexity index is 212. The smallest absolute Gasteiger partial charge is 0.313 e. The third-order valence-electron chi connectivity index (χ3n) is 3.18. The van der Waals surface area contributed by atoms with Gasteiger partial charge in [-0.1, -0.05) is 0 Å². The number of rotatable bonds is 6. The highest BCUT2D eigenvalue weighted by Crippen LogP contribution is 2.33. The standard InChI is InChI=1S/C12H23NO3/c1-3-16-11(14)12(7-5-9-15-2)6-4-8-13-10-12/h13H,3-10H2,1-2H3/t12-/m0/s1. The van der Waals surface area contributed by atoms with Gasteiger partial charge in [-0.2, -0.15) is 0 Å². The van der Waals surface area contributed by atoms with E-state index in [9.17, 15) is 4.79 Å². The Hall–Kier alpha value is -0.610.